The van der Waals surface area contributed by atoms with E-state index >= 15 is 0 Å². The SMILES string of the molecule is CC(C)(C)C(=O)N1CCCC(C(=O)Nc2ccc(C(=O)N3CC(=O)Nc4ccccc43)cc2)C1. The largest absolute Gasteiger partial charge is 0.341 e. The molecule has 0 bridgehead atoms. The number of fused-ring (bicyclic) bond motifs is 1. The van der Waals surface area contributed by atoms with Crippen molar-refractivity contribution in [2.45, 2.75) is 33.6 Å². The maximum atomic E-state index is 13.1. The van der Waals surface area contributed by atoms with Crippen LogP contribution in [0.2, 0.25) is 0 Å². The minimum Gasteiger partial charge on any atom is -0.341 e. The van der Waals surface area contributed by atoms with Crippen LogP contribution in [0.15, 0.2) is 48.5 Å². The molecule has 178 valence electrons. The minimum atomic E-state index is -0.476. The Labute approximate surface area is 199 Å². The van der Waals surface area contributed by atoms with Gasteiger partial charge in [0.05, 0.1) is 17.3 Å². The molecule has 2 aromatic carbocycles. The Morgan fingerprint density at radius 1 is 1.03 bits per heavy atom. The smallest absolute Gasteiger partial charge is 0.258 e. The van der Waals surface area contributed by atoms with E-state index in [1.807, 2.05) is 26.8 Å². The average Bonchev–Trinajstić information content (AvgIpc) is 2.82. The number of benzene rings is 2. The summed E-state index contributed by atoms with van der Waals surface area (Å²) in [5.41, 5.74) is 1.77. The number of hydrogen-bond donors (Lipinski definition) is 2. The van der Waals surface area contributed by atoms with Crippen molar-refractivity contribution in [3.8, 4) is 0 Å². The van der Waals surface area contributed by atoms with Crippen LogP contribution >= 0.6 is 0 Å². The lowest BCUT2D eigenvalue weighted by Crippen LogP contribution is -2.47. The van der Waals surface area contributed by atoms with E-state index in [0.717, 1.165) is 12.8 Å². The maximum Gasteiger partial charge on any atom is 0.258 e. The van der Waals surface area contributed by atoms with E-state index in [1.54, 1.807) is 47.4 Å². The van der Waals surface area contributed by atoms with Crippen molar-refractivity contribution in [3.05, 3.63) is 54.1 Å². The fourth-order valence-corrected chi connectivity index (χ4v) is 4.36. The molecule has 2 heterocycles. The first kappa shape index (κ1) is 23.5. The molecule has 0 aromatic heterocycles. The summed E-state index contributed by atoms with van der Waals surface area (Å²) in [6, 6.07) is 13.8. The van der Waals surface area contributed by atoms with Crippen LogP contribution < -0.4 is 15.5 Å². The molecule has 0 radical (unpaired) electrons. The summed E-state index contributed by atoms with van der Waals surface area (Å²) in [4.78, 5) is 53.8. The van der Waals surface area contributed by atoms with E-state index in [9.17, 15) is 19.2 Å². The highest BCUT2D eigenvalue weighted by molar-refractivity contribution is 6.15. The first-order valence-corrected chi connectivity index (χ1v) is 11.5. The van der Waals surface area contributed by atoms with Gasteiger partial charge in [-0.2, -0.15) is 0 Å². The Hall–Kier alpha value is -3.68. The van der Waals surface area contributed by atoms with Gasteiger partial charge >= 0.3 is 0 Å². The zero-order chi connectivity index (χ0) is 24.5. The molecule has 0 saturated carbocycles. The number of likely N-dealkylation sites (tertiary alicyclic amines) is 1. The number of carbonyl (C=O) groups is 4. The number of nitrogens with one attached hydrogen (secondary N) is 2. The number of hydrogen-bond acceptors (Lipinski definition) is 4. The maximum absolute atomic E-state index is 13.1. The third-order valence-electron chi connectivity index (χ3n) is 6.14. The van der Waals surface area contributed by atoms with Crippen LogP contribution in [0, 0.1) is 11.3 Å². The van der Waals surface area contributed by atoms with Gasteiger partial charge in [-0.1, -0.05) is 32.9 Å². The van der Waals surface area contributed by atoms with Crippen LogP contribution in [0.5, 0.6) is 0 Å². The molecular weight excluding hydrogens is 432 g/mol. The molecule has 1 atom stereocenters. The standard InChI is InChI=1S/C26H30N4O4/c1-26(2,3)25(34)29-14-6-7-18(15-29)23(32)27-19-12-10-17(11-13-19)24(33)30-16-22(31)28-20-8-4-5-9-21(20)30/h4-5,8-13,18H,6-7,14-16H2,1-3H3,(H,27,32)(H,28,31). The Morgan fingerprint density at radius 2 is 1.74 bits per heavy atom. The second kappa shape index (κ2) is 9.29. The van der Waals surface area contributed by atoms with Gasteiger partial charge in [-0.3, -0.25) is 24.1 Å². The predicted octanol–water partition coefficient (Wildman–Crippen LogP) is 3.51. The summed E-state index contributed by atoms with van der Waals surface area (Å²) in [7, 11) is 0. The molecule has 34 heavy (non-hydrogen) atoms. The first-order chi connectivity index (χ1) is 16.1. The number of para-hydroxylation sites is 2. The van der Waals surface area contributed by atoms with Crippen LogP contribution in [-0.2, 0) is 14.4 Å². The Morgan fingerprint density at radius 3 is 2.44 bits per heavy atom. The number of amides is 4. The van der Waals surface area contributed by atoms with E-state index < -0.39 is 5.41 Å². The van der Waals surface area contributed by atoms with Crippen molar-refractivity contribution >= 4 is 40.7 Å². The summed E-state index contributed by atoms with van der Waals surface area (Å²) in [5, 5.41) is 5.68. The minimum absolute atomic E-state index is 0.0558. The molecule has 2 aliphatic rings. The van der Waals surface area contributed by atoms with Crippen molar-refractivity contribution in [2.24, 2.45) is 11.3 Å². The highest BCUT2D eigenvalue weighted by Crippen LogP contribution is 2.30. The zero-order valence-corrected chi connectivity index (χ0v) is 19.8. The van der Waals surface area contributed by atoms with Crippen LogP contribution in [0.4, 0.5) is 17.1 Å². The molecule has 4 rings (SSSR count). The lowest BCUT2D eigenvalue weighted by atomic mass is 9.91. The van der Waals surface area contributed by atoms with Gasteiger partial charge in [0.2, 0.25) is 17.7 Å². The molecule has 0 spiro atoms. The molecule has 1 saturated heterocycles. The topological polar surface area (TPSA) is 98.8 Å². The average molecular weight is 463 g/mol. The Bertz CT molecular complexity index is 1120. The van der Waals surface area contributed by atoms with Gasteiger partial charge in [0, 0.05) is 29.8 Å². The number of rotatable bonds is 3. The summed E-state index contributed by atoms with van der Waals surface area (Å²) >= 11 is 0. The van der Waals surface area contributed by atoms with Crippen molar-refractivity contribution in [1.29, 1.82) is 0 Å². The van der Waals surface area contributed by atoms with Crippen LogP contribution in [0.3, 0.4) is 0 Å². The Kier molecular flexibility index (Phi) is 6.41. The lowest BCUT2D eigenvalue weighted by Gasteiger charge is -2.35. The van der Waals surface area contributed by atoms with Gasteiger partial charge < -0.3 is 15.5 Å². The van der Waals surface area contributed by atoms with E-state index in [-0.39, 0.29) is 36.1 Å². The number of piperidine rings is 1. The lowest BCUT2D eigenvalue weighted by molar-refractivity contribution is -0.142. The Balaban J connectivity index is 1.41. The fourth-order valence-electron chi connectivity index (χ4n) is 4.36. The number of anilines is 3. The van der Waals surface area contributed by atoms with Crippen LogP contribution in [0.25, 0.3) is 0 Å². The molecule has 8 nitrogen and oxygen atoms in total. The molecule has 2 N–H and O–H groups in total. The molecule has 2 aliphatic heterocycles. The molecule has 4 amide bonds. The summed E-state index contributed by atoms with van der Waals surface area (Å²) in [6.45, 7) is 6.69. The van der Waals surface area contributed by atoms with Gasteiger partial charge in [-0.25, -0.2) is 0 Å². The number of carbonyl (C=O) groups excluding carboxylic acids is 4. The number of nitrogens with zero attached hydrogens (tertiary/aromatic N) is 2. The van der Waals surface area contributed by atoms with E-state index in [4.69, 9.17) is 0 Å². The van der Waals surface area contributed by atoms with Crippen molar-refractivity contribution in [2.75, 3.05) is 35.2 Å². The third-order valence-corrected chi connectivity index (χ3v) is 6.14. The molecule has 2 aromatic rings. The first-order valence-electron chi connectivity index (χ1n) is 11.5. The van der Waals surface area contributed by atoms with Crippen molar-refractivity contribution in [3.63, 3.8) is 0 Å². The van der Waals surface area contributed by atoms with Gasteiger partial charge in [0.15, 0.2) is 0 Å². The van der Waals surface area contributed by atoms with E-state index in [0.29, 0.717) is 35.7 Å². The summed E-state index contributed by atoms with van der Waals surface area (Å²) < 4.78 is 0. The van der Waals surface area contributed by atoms with Gasteiger partial charge in [-0.05, 0) is 49.2 Å². The zero-order valence-electron chi connectivity index (χ0n) is 19.8. The van der Waals surface area contributed by atoms with Crippen molar-refractivity contribution < 1.29 is 19.2 Å². The third kappa shape index (κ3) is 4.95. The molecule has 1 fully saturated rings. The molecular formula is C26H30N4O4. The van der Waals surface area contributed by atoms with E-state index in [2.05, 4.69) is 10.6 Å². The van der Waals surface area contributed by atoms with Gasteiger partial charge in [-0.15, -0.1) is 0 Å². The second-order valence-electron chi connectivity index (χ2n) is 9.86. The normalized spacial score (nSPS) is 18.1. The molecule has 1 unspecified atom stereocenters. The fraction of sp³-hybridized carbons (Fsp3) is 0.385. The molecule has 0 aliphatic carbocycles. The summed E-state index contributed by atoms with van der Waals surface area (Å²) in [5.74, 6) is -0.885. The second-order valence-corrected chi connectivity index (χ2v) is 9.86. The van der Waals surface area contributed by atoms with Crippen LogP contribution in [0.1, 0.15) is 44.0 Å². The quantitative estimate of drug-likeness (QED) is 0.729. The highest BCUT2D eigenvalue weighted by Gasteiger charge is 2.33. The van der Waals surface area contributed by atoms with Crippen LogP contribution in [-0.4, -0.2) is 48.2 Å². The molecule has 8 heteroatoms. The van der Waals surface area contributed by atoms with Gasteiger partial charge in [0.25, 0.3) is 5.91 Å². The van der Waals surface area contributed by atoms with Crippen molar-refractivity contribution in [1.82, 2.24) is 4.90 Å². The predicted molar refractivity (Wildman–Crippen MR) is 131 cm³/mol. The highest BCUT2D eigenvalue weighted by atomic mass is 16.2. The van der Waals surface area contributed by atoms with Gasteiger partial charge in [0.1, 0.15) is 6.54 Å². The monoisotopic (exact) mass is 462 g/mol. The van der Waals surface area contributed by atoms with E-state index in [1.165, 1.54) is 4.90 Å². The summed E-state index contributed by atoms with van der Waals surface area (Å²) in [6.07, 6.45) is 1.52.